The quantitative estimate of drug-likeness (QED) is 0.544. The maximum Gasteiger partial charge on any atom is 0.434 e. The van der Waals surface area contributed by atoms with Crippen LogP contribution in [0, 0.1) is 6.92 Å². The number of nitrogens with one attached hydrogen (secondary N) is 1. The third-order valence-corrected chi connectivity index (χ3v) is 6.01. The van der Waals surface area contributed by atoms with E-state index in [0.717, 1.165) is 17.3 Å². The fourth-order valence-corrected chi connectivity index (χ4v) is 4.11. The summed E-state index contributed by atoms with van der Waals surface area (Å²) >= 11 is 5.85. The number of morpholine rings is 1. The minimum absolute atomic E-state index is 0.144. The van der Waals surface area contributed by atoms with Crippen LogP contribution >= 0.6 is 11.6 Å². The average molecular weight is 493 g/mol. The van der Waals surface area contributed by atoms with Gasteiger partial charge in [-0.3, -0.25) is 9.69 Å². The van der Waals surface area contributed by atoms with Crippen LogP contribution in [0.15, 0.2) is 54.7 Å². The maximum atomic E-state index is 14.0. The summed E-state index contributed by atoms with van der Waals surface area (Å²) in [5.41, 5.74) is 0.554. The van der Waals surface area contributed by atoms with Crippen molar-refractivity contribution < 1.29 is 22.7 Å². The Morgan fingerprint density at radius 1 is 1.12 bits per heavy atom. The van der Waals surface area contributed by atoms with Crippen molar-refractivity contribution in [2.24, 2.45) is 0 Å². The predicted molar refractivity (Wildman–Crippen MR) is 122 cm³/mol. The normalized spacial score (nSPS) is 15.8. The first-order chi connectivity index (χ1) is 16.2. The van der Waals surface area contributed by atoms with E-state index in [0.29, 0.717) is 36.0 Å². The summed E-state index contributed by atoms with van der Waals surface area (Å²) < 4.78 is 48.1. The number of halogens is 4. The van der Waals surface area contributed by atoms with E-state index in [1.807, 2.05) is 31.2 Å². The first kappa shape index (κ1) is 24.3. The van der Waals surface area contributed by atoms with E-state index in [1.54, 1.807) is 0 Å². The molecular weight excluding hydrogens is 469 g/mol. The van der Waals surface area contributed by atoms with E-state index in [-0.39, 0.29) is 18.3 Å². The van der Waals surface area contributed by atoms with Gasteiger partial charge < -0.3 is 10.1 Å². The summed E-state index contributed by atoms with van der Waals surface area (Å²) in [6.07, 6.45) is -3.84. The molecule has 1 atom stereocenters. The molecule has 0 bridgehead atoms. The zero-order chi connectivity index (χ0) is 24.3. The molecule has 3 aromatic rings. The standard InChI is InChI=1S/C24H24ClF3N4O2/c1-16-2-4-17(5-3-16)21(31-10-12-34-13-11-31)15-29-23(33)20-14-30-32(22(20)24(26,27)28)19-8-6-18(25)7-9-19/h2-9,14,21H,10-13,15H2,1H3,(H,29,33). The molecule has 1 amide bonds. The molecule has 0 radical (unpaired) electrons. The van der Waals surface area contributed by atoms with E-state index in [1.165, 1.54) is 24.3 Å². The van der Waals surface area contributed by atoms with Crippen molar-refractivity contribution in [1.82, 2.24) is 20.0 Å². The first-order valence-corrected chi connectivity index (χ1v) is 11.2. The SMILES string of the molecule is Cc1ccc(C(CNC(=O)c2cnn(-c3ccc(Cl)cc3)c2C(F)(F)F)N2CCOCC2)cc1. The number of hydrogen-bond acceptors (Lipinski definition) is 4. The molecule has 1 unspecified atom stereocenters. The van der Waals surface area contributed by atoms with Crippen LogP contribution in [0.1, 0.15) is 33.2 Å². The van der Waals surface area contributed by atoms with Crippen LogP contribution in [0.3, 0.4) is 0 Å². The first-order valence-electron chi connectivity index (χ1n) is 10.8. The number of aryl methyl sites for hydroxylation is 1. The van der Waals surface area contributed by atoms with Gasteiger partial charge in [-0.05, 0) is 36.8 Å². The molecule has 1 saturated heterocycles. The van der Waals surface area contributed by atoms with Crippen LogP contribution in [0.4, 0.5) is 13.2 Å². The number of benzene rings is 2. The molecule has 1 N–H and O–H groups in total. The van der Waals surface area contributed by atoms with Crippen molar-refractivity contribution >= 4 is 17.5 Å². The Bertz CT molecular complexity index is 1120. The average Bonchev–Trinajstić information content (AvgIpc) is 3.27. The zero-order valence-electron chi connectivity index (χ0n) is 18.5. The second-order valence-electron chi connectivity index (χ2n) is 8.08. The Balaban J connectivity index is 1.59. The van der Waals surface area contributed by atoms with Crippen molar-refractivity contribution in [2.45, 2.75) is 19.1 Å². The summed E-state index contributed by atoms with van der Waals surface area (Å²) in [4.78, 5) is 15.1. The van der Waals surface area contributed by atoms with Crippen molar-refractivity contribution in [3.63, 3.8) is 0 Å². The summed E-state index contributed by atoms with van der Waals surface area (Å²) in [6.45, 7) is 4.57. The van der Waals surface area contributed by atoms with Crippen LogP contribution in [-0.2, 0) is 10.9 Å². The molecule has 1 aromatic heterocycles. The van der Waals surface area contributed by atoms with E-state index in [9.17, 15) is 18.0 Å². The molecule has 0 aliphatic carbocycles. The zero-order valence-corrected chi connectivity index (χ0v) is 19.2. The molecule has 1 aliphatic rings. The van der Waals surface area contributed by atoms with Crippen molar-refractivity contribution in [3.05, 3.63) is 82.1 Å². The summed E-state index contributed by atoms with van der Waals surface area (Å²) in [5.74, 6) is -0.835. The Kier molecular flexibility index (Phi) is 7.25. The Morgan fingerprint density at radius 3 is 2.38 bits per heavy atom. The number of alkyl halides is 3. The molecule has 10 heteroatoms. The highest BCUT2D eigenvalue weighted by Crippen LogP contribution is 2.34. The molecule has 180 valence electrons. The van der Waals surface area contributed by atoms with Crippen molar-refractivity contribution in [3.8, 4) is 5.69 Å². The lowest BCUT2D eigenvalue weighted by Crippen LogP contribution is -2.44. The second-order valence-corrected chi connectivity index (χ2v) is 8.51. The van der Waals surface area contributed by atoms with Gasteiger partial charge in [-0.1, -0.05) is 41.4 Å². The lowest BCUT2D eigenvalue weighted by molar-refractivity contribution is -0.143. The monoisotopic (exact) mass is 492 g/mol. The minimum atomic E-state index is -4.79. The van der Waals surface area contributed by atoms with Gasteiger partial charge in [0.1, 0.15) is 0 Å². The van der Waals surface area contributed by atoms with Gasteiger partial charge in [0.15, 0.2) is 5.69 Å². The Hall–Kier alpha value is -2.88. The highest BCUT2D eigenvalue weighted by atomic mass is 35.5. The highest BCUT2D eigenvalue weighted by molar-refractivity contribution is 6.30. The molecule has 1 fully saturated rings. The van der Waals surface area contributed by atoms with Crippen LogP contribution in [0.5, 0.6) is 0 Å². The molecular formula is C24H24ClF3N4O2. The van der Waals surface area contributed by atoms with Crippen molar-refractivity contribution in [2.75, 3.05) is 32.8 Å². The molecule has 0 saturated carbocycles. The fraction of sp³-hybridized carbons (Fsp3) is 0.333. The number of ether oxygens (including phenoxy) is 1. The number of hydrogen-bond donors (Lipinski definition) is 1. The molecule has 34 heavy (non-hydrogen) atoms. The number of rotatable bonds is 6. The molecule has 0 spiro atoms. The largest absolute Gasteiger partial charge is 0.434 e. The minimum Gasteiger partial charge on any atom is -0.379 e. The van der Waals surface area contributed by atoms with Crippen LogP contribution in [0.25, 0.3) is 5.69 Å². The number of carbonyl (C=O) groups is 1. The summed E-state index contributed by atoms with van der Waals surface area (Å²) in [7, 11) is 0. The topological polar surface area (TPSA) is 59.4 Å². The van der Waals surface area contributed by atoms with Crippen LogP contribution in [-0.4, -0.2) is 53.4 Å². The van der Waals surface area contributed by atoms with Gasteiger partial charge in [-0.2, -0.15) is 18.3 Å². The lowest BCUT2D eigenvalue weighted by Gasteiger charge is -2.35. The van der Waals surface area contributed by atoms with E-state index < -0.39 is 23.3 Å². The van der Waals surface area contributed by atoms with Gasteiger partial charge in [0, 0.05) is 24.7 Å². The number of nitrogens with zero attached hydrogens (tertiary/aromatic N) is 3. The number of carbonyl (C=O) groups excluding carboxylic acids is 1. The number of amides is 1. The molecule has 4 rings (SSSR count). The van der Waals surface area contributed by atoms with E-state index in [4.69, 9.17) is 16.3 Å². The van der Waals surface area contributed by atoms with Gasteiger partial charge in [0.05, 0.1) is 36.7 Å². The smallest absolute Gasteiger partial charge is 0.379 e. The molecule has 1 aliphatic heterocycles. The summed E-state index contributed by atoms with van der Waals surface area (Å²) in [5, 5.41) is 6.94. The second kappa shape index (κ2) is 10.2. The fourth-order valence-electron chi connectivity index (χ4n) is 3.99. The Morgan fingerprint density at radius 2 is 1.76 bits per heavy atom. The predicted octanol–water partition coefficient (Wildman–Crippen LogP) is 4.66. The van der Waals surface area contributed by atoms with Crippen LogP contribution < -0.4 is 5.32 Å². The molecule has 2 aromatic carbocycles. The van der Waals surface area contributed by atoms with E-state index in [2.05, 4.69) is 15.3 Å². The van der Waals surface area contributed by atoms with E-state index >= 15 is 0 Å². The highest BCUT2D eigenvalue weighted by Gasteiger charge is 2.40. The molecule has 6 nitrogen and oxygen atoms in total. The van der Waals surface area contributed by atoms with Gasteiger partial charge in [0.2, 0.25) is 0 Å². The number of aromatic nitrogens is 2. The third-order valence-electron chi connectivity index (χ3n) is 5.76. The van der Waals surface area contributed by atoms with Gasteiger partial charge in [-0.25, -0.2) is 4.68 Å². The van der Waals surface area contributed by atoms with Gasteiger partial charge in [0.25, 0.3) is 5.91 Å². The third kappa shape index (κ3) is 5.43. The molecule has 2 heterocycles. The lowest BCUT2D eigenvalue weighted by atomic mass is 10.0. The van der Waals surface area contributed by atoms with Crippen LogP contribution in [0.2, 0.25) is 5.02 Å². The maximum absolute atomic E-state index is 14.0. The Labute approximate surface area is 200 Å². The summed E-state index contributed by atoms with van der Waals surface area (Å²) in [6, 6.07) is 13.5. The van der Waals surface area contributed by atoms with Crippen molar-refractivity contribution in [1.29, 1.82) is 0 Å². The van der Waals surface area contributed by atoms with Gasteiger partial charge in [-0.15, -0.1) is 0 Å². The van der Waals surface area contributed by atoms with Gasteiger partial charge >= 0.3 is 6.18 Å².